The van der Waals surface area contributed by atoms with Crippen LogP contribution in [0.25, 0.3) is 0 Å². The van der Waals surface area contributed by atoms with Gasteiger partial charge in [-0.05, 0) is 29.6 Å². The van der Waals surface area contributed by atoms with Crippen LogP contribution >= 0.6 is 22.9 Å². The van der Waals surface area contributed by atoms with Gasteiger partial charge in [0.05, 0.1) is 9.80 Å². The lowest BCUT2D eigenvalue weighted by Gasteiger charge is -2.34. The number of nitro benzene ring substituents is 1. The van der Waals surface area contributed by atoms with Crippen LogP contribution in [-0.4, -0.2) is 46.8 Å². The monoisotopic (exact) mass is 489 g/mol. The number of amides is 1. The molecular formula is C23H21ClFN3O4S. The minimum atomic E-state index is -0.488. The molecule has 0 N–H and O–H groups in total. The van der Waals surface area contributed by atoms with Crippen molar-refractivity contribution < 1.29 is 18.8 Å². The van der Waals surface area contributed by atoms with E-state index in [-0.39, 0.29) is 29.8 Å². The molecule has 0 radical (unpaired) electrons. The van der Waals surface area contributed by atoms with E-state index in [4.69, 9.17) is 16.3 Å². The lowest BCUT2D eigenvalue weighted by molar-refractivity contribution is -0.385. The standard InChI is InChI=1S/C23H21ClFN3O4S/c24-18-4-3-5-19(25)17(18)13-26-8-10-27(11-9-26)23(29)22-12-16(15-33-22)14-32-21-7-2-1-6-20(21)28(30)31/h1-7,12,15H,8-11,13-14H2. The zero-order chi connectivity index (χ0) is 23.4. The first-order valence-corrected chi connectivity index (χ1v) is 11.6. The highest BCUT2D eigenvalue weighted by molar-refractivity contribution is 7.12. The van der Waals surface area contributed by atoms with Gasteiger partial charge in [0.2, 0.25) is 0 Å². The van der Waals surface area contributed by atoms with Gasteiger partial charge in [-0.15, -0.1) is 11.3 Å². The summed E-state index contributed by atoms with van der Waals surface area (Å²) in [6.45, 7) is 2.84. The Kier molecular flexibility index (Phi) is 7.22. The quantitative estimate of drug-likeness (QED) is 0.345. The van der Waals surface area contributed by atoms with Gasteiger partial charge in [0.1, 0.15) is 12.4 Å². The minimum Gasteiger partial charge on any atom is -0.482 e. The number of nitrogens with zero attached hydrogens (tertiary/aromatic N) is 3. The van der Waals surface area contributed by atoms with Crippen LogP contribution in [0.5, 0.6) is 5.75 Å². The van der Waals surface area contributed by atoms with E-state index in [0.717, 1.165) is 5.56 Å². The van der Waals surface area contributed by atoms with Gasteiger partial charge in [-0.2, -0.15) is 0 Å². The smallest absolute Gasteiger partial charge is 0.310 e. The summed E-state index contributed by atoms with van der Waals surface area (Å²) >= 11 is 7.44. The van der Waals surface area contributed by atoms with Crippen LogP contribution in [0, 0.1) is 15.9 Å². The summed E-state index contributed by atoms with van der Waals surface area (Å²) in [6.07, 6.45) is 0. The van der Waals surface area contributed by atoms with E-state index in [9.17, 15) is 19.3 Å². The molecule has 172 valence electrons. The molecule has 1 saturated heterocycles. The summed E-state index contributed by atoms with van der Waals surface area (Å²) in [5.41, 5.74) is 1.15. The first-order valence-electron chi connectivity index (χ1n) is 10.3. The molecule has 4 rings (SSSR count). The number of ether oxygens (including phenoxy) is 1. The van der Waals surface area contributed by atoms with Gasteiger partial charge in [0, 0.05) is 54.9 Å². The van der Waals surface area contributed by atoms with E-state index in [1.807, 2.05) is 5.38 Å². The number of benzene rings is 2. The number of rotatable bonds is 7. The van der Waals surface area contributed by atoms with Crippen LogP contribution in [0.15, 0.2) is 53.9 Å². The zero-order valence-electron chi connectivity index (χ0n) is 17.6. The van der Waals surface area contributed by atoms with Gasteiger partial charge in [-0.25, -0.2) is 4.39 Å². The Labute approximate surface area is 199 Å². The van der Waals surface area contributed by atoms with Crippen LogP contribution in [0.2, 0.25) is 5.02 Å². The second kappa shape index (κ2) is 10.3. The van der Waals surface area contributed by atoms with E-state index < -0.39 is 4.92 Å². The zero-order valence-corrected chi connectivity index (χ0v) is 19.2. The maximum atomic E-state index is 14.0. The topological polar surface area (TPSA) is 75.9 Å². The molecule has 1 amide bonds. The fraction of sp³-hybridized carbons (Fsp3) is 0.261. The molecule has 7 nitrogen and oxygen atoms in total. The summed E-state index contributed by atoms with van der Waals surface area (Å²) in [7, 11) is 0. The highest BCUT2D eigenvalue weighted by Gasteiger charge is 2.24. The first-order chi connectivity index (χ1) is 15.9. The number of thiophene rings is 1. The van der Waals surface area contributed by atoms with Crippen LogP contribution in [0.3, 0.4) is 0 Å². The number of carbonyl (C=O) groups is 1. The molecule has 10 heteroatoms. The Morgan fingerprint density at radius 1 is 1.15 bits per heavy atom. The molecule has 0 unspecified atom stereocenters. The predicted molar refractivity (Wildman–Crippen MR) is 124 cm³/mol. The van der Waals surface area contributed by atoms with Crippen molar-refractivity contribution in [2.45, 2.75) is 13.2 Å². The van der Waals surface area contributed by atoms with Crippen molar-refractivity contribution in [1.82, 2.24) is 9.80 Å². The molecule has 1 aliphatic rings. The largest absolute Gasteiger partial charge is 0.482 e. The Bertz CT molecular complexity index is 1140. The Balaban J connectivity index is 1.31. The van der Waals surface area contributed by atoms with E-state index >= 15 is 0 Å². The minimum absolute atomic E-state index is 0.0690. The van der Waals surface area contributed by atoms with E-state index in [0.29, 0.717) is 48.2 Å². The lowest BCUT2D eigenvalue weighted by Crippen LogP contribution is -2.48. The average molecular weight is 490 g/mol. The fourth-order valence-corrected chi connectivity index (χ4v) is 4.71. The summed E-state index contributed by atoms with van der Waals surface area (Å²) < 4.78 is 19.7. The van der Waals surface area contributed by atoms with E-state index in [1.54, 1.807) is 41.3 Å². The number of nitro groups is 1. The third-order valence-electron chi connectivity index (χ3n) is 5.42. The molecule has 1 aliphatic heterocycles. The molecule has 2 aromatic carbocycles. The third-order valence-corrected chi connectivity index (χ3v) is 6.74. The Morgan fingerprint density at radius 3 is 2.64 bits per heavy atom. The molecule has 33 heavy (non-hydrogen) atoms. The Hall–Kier alpha value is -3.01. The number of para-hydroxylation sites is 2. The molecule has 3 aromatic rings. The Morgan fingerprint density at radius 2 is 1.91 bits per heavy atom. The van der Waals surface area contributed by atoms with Gasteiger partial charge >= 0.3 is 5.69 Å². The third kappa shape index (κ3) is 5.50. The fourth-order valence-electron chi connectivity index (χ4n) is 3.63. The molecule has 0 aliphatic carbocycles. The second-order valence-corrected chi connectivity index (χ2v) is 8.92. The molecule has 0 spiro atoms. The number of halogens is 2. The average Bonchev–Trinajstić information content (AvgIpc) is 3.29. The number of carbonyl (C=O) groups excluding carboxylic acids is 1. The van der Waals surface area contributed by atoms with Crippen molar-refractivity contribution >= 4 is 34.5 Å². The van der Waals surface area contributed by atoms with Crippen molar-refractivity contribution in [2.75, 3.05) is 26.2 Å². The summed E-state index contributed by atoms with van der Waals surface area (Å²) in [4.78, 5) is 28.0. The van der Waals surface area contributed by atoms with Gasteiger partial charge in [-0.3, -0.25) is 19.8 Å². The van der Waals surface area contributed by atoms with Crippen LogP contribution in [0.4, 0.5) is 10.1 Å². The highest BCUT2D eigenvalue weighted by Crippen LogP contribution is 2.28. The second-order valence-electron chi connectivity index (χ2n) is 7.60. The molecule has 2 heterocycles. The van der Waals surface area contributed by atoms with Gasteiger partial charge in [0.25, 0.3) is 5.91 Å². The molecule has 0 atom stereocenters. The van der Waals surface area contributed by atoms with Gasteiger partial charge < -0.3 is 9.64 Å². The van der Waals surface area contributed by atoms with Crippen molar-refractivity contribution in [3.05, 3.63) is 90.9 Å². The van der Waals surface area contributed by atoms with E-state index in [2.05, 4.69) is 4.90 Å². The van der Waals surface area contributed by atoms with Crippen molar-refractivity contribution in [3.63, 3.8) is 0 Å². The lowest BCUT2D eigenvalue weighted by atomic mass is 10.1. The molecular weight excluding hydrogens is 469 g/mol. The summed E-state index contributed by atoms with van der Waals surface area (Å²) in [5, 5.41) is 13.3. The molecule has 0 saturated carbocycles. The van der Waals surface area contributed by atoms with Crippen molar-refractivity contribution in [2.24, 2.45) is 0 Å². The van der Waals surface area contributed by atoms with Crippen molar-refractivity contribution in [3.8, 4) is 5.75 Å². The van der Waals surface area contributed by atoms with Crippen molar-refractivity contribution in [1.29, 1.82) is 0 Å². The van der Waals surface area contributed by atoms with E-state index in [1.165, 1.54) is 23.5 Å². The normalized spacial score (nSPS) is 14.3. The predicted octanol–water partition coefficient (Wildman–Crippen LogP) is 4.99. The van der Waals surface area contributed by atoms with Crippen LogP contribution in [-0.2, 0) is 13.2 Å². The number of piperazine rings is 1. The molecule has 0 bridgehead atoms. The van der Waals surface area contributed by atoms with Gasteiger partial charge in [0.15, 0.2) is 5.75 Å². The SMILES string of the molecule is O=C(c1cc(COc2ccccc2[N+](=O)[O-])cs1)N1CCN(Cc2c(F)cccc2Cl)CC1. The first kappa shape index (κ1) is 23.2. The molecule has 1 fully saturated rings. The molecule has 1 aromatic heterocycles. The number of hydrogen-bond acceptors (Lipinski definition) is 6. The van der Waals surface area contributed by atoms with Crippen LogP contribution < -0.4 is 4.74 Å². The maximum Gasteiger partial charge on any atom is 0.310 e. The summed E-state index contributed by atoms with van der Waals surface area (Å²) in [6, 6.07) is 12.6. The van der Waals surface area contributed by atoms with Crippen LogP contribution in [0.1, 0.15) is 20.8 Å². The van der Waals surface area contributed by atoms with Gasteiger partial charge in [-0.1, -0.05) is 29.8 Å². The maximum absolute atomic E-state index is 14.0. The summed E-state index contributed by atoms with van der Waals surface area (Å²) in [5.74, 6) is -0.205. The highest BCUT2D eigenvalue weighted by atomic mass is 35.5. The number of hydrogen-bond donors (Lipinski definition) is 0.